The standard InChI is InChI=1S/C16H19N3O3S/c1-5-19-15(17-18-16(19)20)14-13(22-9(2)3)11-7-6-10(21-4)8-12(11)23-14/h6-9H,5H2,1-4H3,(H,18,20). The normalized spacial score (nSPS) is 11.3. The van der Waals surface area contributed by atoms with Crippen LogP contribution in [0.25, 0.3) is 20.8 Å². The van der Waals surface area contributed by atoms with E-state index in [1.807, 2.05) is 39.0 Å². The number of nitrogens with one attached hydrogen (secondary N) is 1. The Bertz CT molecular complexity index is 892. The molecule has 0 unspecified atom stereocenters. The molecule has 2 aromatic heterocycles. The number of hydrogen-bond donors (Lipinski definition) is 1. The molecule has 3 rings (SSSR count). The van der Waals surface area contributed by atoms with Gasteiger partial charge in [-0.2, -0.15) is 5.10 Å². The first-order valence-corrected chi connectivity index (χ1v) is 8.29. The van der Waals surface area contributed by atoms with Gasteiger partial charge < -0.3 is 9.47 Å². The Morgan fingerprint density at radius 1 is 1.39 bits per heavy atom. The molecule has 7 heteroatoms. The molecule has 0 spiro atoms. The number of fused-ring (bicyclic) bond motifs is 1. The fourth-order valence-corrected chi connectivity index (χ4v) is 3.63. The predicted molar refractivity (Wildman–Crippen MR) is 91.7 cm³/mol. The summed E-state index contributed by atoms with van der Waals surface area (Å²) in [6.45, 7) is 6.42. The molecule has 0 aliphatic rings. The van der Waals surface area contributed by atoms with Gasteiger partial charge in [-0.25, -0.2) is 9.89 Å². The van der Waals surface area contributed by atoms with Crippen LogP contribution in [0.4, 0.5) is 0 Å². The topological polar surface area (TPSA) is 69.1 Å². The lowest BCUT2D eigenvalue weighted by atomic mass is 10.2. The summed E-state index contributed by atoms with van der Waals surface area (Å²) in [6.07, 6.45) is 0.0226. The number of benzene rings is 1. The van der Waals surface area contributed by atoms with E-state index in [1.54, 1.807) is 23.0 Å². The predicted octanol–water partition coefficient (Wildman–Crippen LogP) is 3.27. The number of aromatic nitrogens is 3. The van der Waals surface area contributed by atoms with Gasteiger partial charge in [0.1, 0.15) is 16.4 Å². The van der Waals surface area contributed by atoms with Gasteiger partial charge >= 0.3 is 5.69 Å². The first kappa shape index (κ1) is 15.6. The lowest BCUT2D eigenvalue weighted by molar-refractivity contribution is 0.247. The number of rotatable bonds is 5. The summed E-state index contributed by atoms with van der Waals surface area (Å²) in [5, 5.41) is 7.70. The fraction of sp³-hybridized carbons (Fsp3) is 0.375. The molecule has 0 saturated carbocycles. The van der Waals surface area contributed by atoms with Crippen LogP contribution in [0.3, 0.4) is 0 Å². The lowest BCUT2D eigenvalue weighted by Gasteiger charge is -2.11. The molecular formula is C16H19N3O3S. The highest BCUT2D eigenvalue weighted by Crippen LogP contribution is 2.45. The quantitative estimate of drug-likeness (QED) is 0.778. The highest BCUT2D eigenvalue weighted by atomic mass is 32.1. The van der Waals surface area contributed by atoms with Crippen LogP contribution >= 0.6 is 11.3 Å². The van der Waals surface area contributed by atoms with Gasteiger partial charge in [-0.05, 0) is 39.0 Å². The van der Waals surface area contributed by atoms with Crippen LogP contribution in [0.1, 0.15) is 20.8 Å². The average molecular weight is 333 g/mol. The smallest absolute Gasteiger partial charge is 0.343 e. The third kappa shape index (κ3) is 2.72. The van der Waals surface area contributed by atoms with E-state index in [0.29, 0.717) is 12.4 Å². The number of methoxy groups -OCH3 is 1. The third-order valence-electron chi connectivity index (χ3n) is 3.48. The monoisotopic (exact) mass is 333 g/mol. The van der Waals surface area contributed by atoms with E-state index in [9.17, 15) is 4.79 Å². The minimum absolute atomic E-state index is 0.0226. The highest BCUT2D eigenvalue weighted by molar-refractivity contribution is 7.22. The molecule has 6 nitrogen and oxygen atoms in total. The molecule has 1 aromatic carbocycles. The lowest BCUT2D eigenvalue weighted by Crippen LogP contribution is -2.16. The Morgan fingerprint density at radius 3 is 2.83 bits per heavy atom. The zero-order valence-corrected chi connectivity index (χ0v) is 14.4. The van der Waals surface area contributed by atoms with Crippen LogP contribution in [0, 0.1) is 0 Å². The van der Waals surface area contributed by atoms with Crippen molar-refractivity contribution in [1.82, 2.24) is 14.8 Å². The van der Waals surface area contributed by atoms with Gasteiger partial charge in [-0.1, -0.05) is 0 Å². The molecule has 0 atom stereocenters. The van der Waals surface area contributed by atoms with Crippen LogP contribution in [0.5, 0.6) is 11.5 Å². The van der Waals surface area contributed by atoms with Gasteiger partial charge in [0, 0.05) is 16.6 Å². The van der Waals surface area contributed by atoms with Crippen molar-refractivity contribution in [3.63, 3.8) is 0 Å². The molecule has 0 radical (unpaired) electrons. The Hall–Kier alpha value is -2.28. The van der Waals surface area contributed by atoms with E-state index in [-0.39, 0.29) is 11.8 Å². The Balaban J connectivity index is 2.27. The third-order valence-corrected chi connectivity index (χ3v) is 4.61. The summed E-state index contributed by atoms with van der Waals surface area (Å²) in [7, 11) is 1.64. The number of aromatic amines is 1. The molecule has 122 valence electrons. The maximum atomic E-state index is 11.9. The molecule has 0 bridgehead atoms. The van der Waals surface area contributed by atoms with Crippen LogP contribution in [-0.4, -0.2) is 28.0 Å². The number of H-pyrrole nitrogens is 1. The maximum Gasteiger partial charge on any atom is 0.343 e. The van der Waals surface area contributed by atoms with E-state index >= 15 is 0 Å². The second-order valence-electron chi connectivity index (χ2n) is 5.39. The highest BCUT2D eigenvalue weighted by Gasteiger charge is 2.21. The zero-order chi connectivity index (χ0) is 16.6. The van der Waals surface area contributed by atoms with E-state index in [4.69, 9.17) is 9.47 Å². The van der Waals surface area contributed by atoms with E-state index in [2.05, 4.69) is 10.2 Å². The summed E-state index contributed by atoms with van der Waals surface area (Å²) in [5.74, 6) is 2.15. The summed E-state index contributed by atoms with van der Waals surface area (Å²) in [6, 6.07) is 5.86. The molecule has 23 heavy (non-hydrogen) atoms. The van der Waals surface area contributed by atoms with Gasteiger partial charge in [0.15, 0.2) is 5.82 Å². The second kappa shape index (κ2) is 6.08. The Labute approximate surface area is 137 Å². The Kier molecular flexibility index (Phi) is 4.12. The summed E-state index contributed by atoms with van der Waals surface area (Å²) < 4.78 is 14.0. The van der Waals surface area contributed by atoms with Gasteiger partial charge in [-0.15, -0.1) is 11.3 Å². The second-order valence-corrected chi connectivity index (χ2v) is 6.44. The number of nitrogens with zero attached hydrogens (tertiary/aromatic N) is 2. The van der Waals surface area contributed by atoms with E-state index in [0.717, 1.165) is 26.5 Å². The molecule has 0 aliphatic carbocycles. The van der Waals surface area contributed by atoms with Crippen LogP contribution in [0.15, 0.2) is 23.0 Å². The Morgan fingerprint density at radius 2 is 2.17 bits per heavy atom. The molecular weight excluding hydrogens is 314 g/mol. The molecule has 0 amide bonds. The fourth-order valence-electron chi connectivity index (χ4n) is 2.46. The van der Waals surface area contributed by atoms with Crippen molar-refractivity contribution in [3.8, 4) is 22.2 Å². The first-order valence-electron chi connectivity index (χ1n) is 7.48. The minimum Gasteiger partial charge on any atom is -0.497 e. The summed E-state index contributed by atoms with van der Waals surface area (Å²) in [4.78, 5) is 12.7. The molecule has 2 heterocycles. The summed E-state index contributed by atoms with van der Waals surface area (Å²) >= 11 is 1.54. The van der Waals surface area contributed by atoms with E-state index < -0.39 is 0 Å². The van der Waals surface area contributed by atoms with Crippen molar-refractivity contribution in [3.05, 3.63) is 28.7 Å². The molecule has 0 aliphatic heterocycles. The van der Waals surface area contributed by atoms with Gasteiger partial charge in [0.05, 0.1) is 13.2 Å². The van der Waals surface area contributed by atoms with Crippen LogP contribution < -0.4 is 15.2 Å². The zero-order valence-electron chi connectivity index (χ0n) is 13.5. The number of ether oxygens (including phenoxy) is 2. The molecule has 0 saturated heterocycles. The van der Waals surface area contributed by atoms with E-state index in [1.165, 1.54) is 0 Å². The van der Waals surface area contributed by atoms with Crippen molar-refractivity contribution in [1.29, 1.82) is 0 Å². The molecule has 3 aromatic rings. The van der Waals surface area contributed by atoms with Gasteiger partial charge in [-0.3, -0.25) is 4.57 Å². The maximum absolute atomic E-state index is 11.9. The van der Waals surface area contributed by atoms with Crippen molar-refractivity contribution in [2.45, 2.75) is 33.4 Å². The molecule has 1 N–H and O–H groups in total. The first-order chi connectivity index (χ1) is 11.0. The van der Waals surface area contributed by atoms with Gasteiger partial charge in [0.2, 0.25) is 0 Å². The van der Waals surface area contributed by atoms with Crippen molar-refractivity contribution in [2.24, 2.45) is 0 Å². The number of hydrogen-bond acceptors (Lipinski definition) is 5. The van der Waals surface area contributed by atoms with Crippen molar-refractivity contribution in [2.75, 3.05) is 7.11 Å². The van der Waals surface area contributed by atoms with Crippen LogP contribution in [0.2, 0.25) is 0 Å². The average Bonchev–Trinajstić information content (AvgIpc) is 3.06. The largest absolute Gasteiger partial charge is 0.497 e. The van der Waals surface area contributed by atoms with Gasteiger partial charge in [0.25, 0.3) is 0 Å². The van der Waals surface area contributed by atoms with Crippen LogP contribution in [-0.2, 0) is 6.54 Å². The number of thiophene rings is 1. The summed E-state index contributed by atoms with van der Waals surface area (Å²) in [5.41, 5.74) is -0.215. The molecule has 0 fully saturated rings. The van der Waals surface area contributed by atoms with Crippen molar-refractivity contribution >= 4 is 21.4 Å². The SMILES string of the molecule is CCn1c(-c2sc3cc(OC)ccc3c2OC(C)C)n[nH]c1=O. The minimum atomic E-state index is -0.215. The van der Waals surface area contributed by atoms with Crippen molar-refractivity contribution < 1.29 is 9.47 Å².